The van der Waals surface area contributed by atoms with E-state index in [0.29, 0.717) is 18.1 Å². The maximum atomic E-state index is 13.1. The molecule has 7 rings (SSSR count). The Kier molecular flexibility index (Phi) is 8.04. The third kappa shape index (κ3) is 5.81. The number of amides is 1. The zero-order valence-corrected chi connectivity index (χ0v) is 27.2. The Hall–Kier alpha value is -3.87. The normalized spacial score (nSPS) is 14.1. The van der Waals surface area contributed by atoms with Crippen molar-refractivity contribution >= 4 is 55.1 Å². The molecule has 6 aromatic rings. The van der Waals surface area contributed by atoms with Gasteiger partial charge in [-0.05, 0) is 37.8 Å². The highest BCUT2D eigenvalue weighted by Gasteiger charge is 2.23. The zero-order valence-electron chi connectivity index (χ0n) is 24.8. The van der Waals surface area contributed by atoms with Gasteiger partial charge >= 0.3 is 0 Å². The Balaban J connectivity index is 1.04. The van der Waals surface area contributed by atoms with E-state index in [2.05, 4.69) is 12.0 Å². The molecule has 12 heteroatoms. The number of fused-ring (bicyclic) bond motifs is 2. The molecule has 226 valence electrons. The zero-order chi connectivity index (χ0) is 30.2. The average Bonchev–Trinajstić information content (AvgIpc) is 3.83. The molecule has 0 radical (unpaired) electrons. The van der Waals surface area contributed by atoms with Crippen molar-refractivity contribution in [1.29, 1.82) is 0 Å². The van der Waals surface area contributed by atoms with Gasteiger partial charge in [-0.25, -0.2) is 19.5 Å². The quantitative estimate of drug-likeness (QED) is 0.159. The summed E-state index contributed by atoms with van der Waals surface area (Å²) < 4.78 is 14.5. The van der Waals surface area contributed by atoms with Gasteiger partial charge in [0.15, 0.2) is 0 Å². The number of benzene rings is 2. The predicted molar refractivity (Wildman–Crippen MR) is 176 cm³/mol. The van der Waals surface area contributed by atoms with Crippen LogP contribution in [0.5, 0.6) is 11.5 Å². The molecule has 0 saturated carbocycles. The fourth-order valence-electron chi connectivity index (χ4n) is 5.64. The van der Waals surface area contributed by atoms with Crippen LogP contribution in [-0.4, -0.2) is 55.6 Å². The highest BCUT2D eigenvalue weighted by molar-refractivity contribution is 7.22. The topological polar surface area (TPSA) is 94.7 Å². The third-order valence-corrected chi connectivity index (χ3v) is 10.8. The first-order valence-electron chi connectivity index (χ1n) is 14.8. The summed E-state index contributed by atoms with van der Waals surface area (Å²) in [5.41, 5.74) is 4.12. The van der Waals surface area contributed by atoms with E-state index >= 15 is 0 Å². The summed E-state index contributed by atoms with van der Waals surface area (Å²) in [6.07, 6.45) is 6.59. The molecule has 9 nitrogen and oxygen atoms in total. The molecule has 0 spiro atoms. The van der Waals surface area contributed by atoms with Crippen LogP contribution in [0, 0.1) is 12.8 Å². The first-order valence-corrected chi connectivity index (χ1v) is 17.3. The average molecular weight is 645 g/mol. The second-order valence-corrected chi connectivity index (χ2v) is 14.0. The van der Waals surface area contributed by atoms with Gasteiger partial charge in [0, 0.05) is 41.7 Å². The molecule has 44 heavy (non-hydrogen) atoms. The second kappa shape index (κ2) is 12.3. The van der Waals surface area contributed by atoms with E-state index < -0.39 is 0 Å². The number of ether oxygens (including phenoxy) is 2. The molecule has 1 saturated heterocycles. The van der Waals surface area contributed by atoms with Gasteiger partial charge < -0.3 is 14.4 Å². The molecule has 5 heterocycles. The number of carbonyl (C=O) groups is 1. The van der Waals surface area contributed by atoms with Gasteiger partial charge in [-0.3, -0.25) is 4.79 Å². The van der Waals surface area contributed by atoms with Crippen LogP contribution in [0.2, 0.25) is 0 Å². The minimum Gasteiger partial charge on any atom is -0.497 e. The summed E-state index contributed by atoms with van der Waals surface area (Å²) in [5, 5.41) is 9.13. The summed E-state index contributed by atoms with van der Waals surface area (Å²) >= 11 is 4.65. The van der Waals surface area contributed by atoms with Crippen LogP contribution in [0.15, 0.2) is 48.0 Å². The largest absolute Gasteiger partial charge is 0.497 e. The number of rotatable bonds is 9. The number of thiazole rings is 2. The van der Waals surface area contributed by atoms with Crippen LogP contribution >= 0.6 is 34.0 Å². The lowest BCUT2D eigenvalue weighted by Gasteiger charge is -2.32. The number of aryl methyl sites for hydroxylation is 1. The van der Waals surface area contributed by atoms with Crippen molar-refractivity contribution in [2.24, 2.45) is 5.92 Å². The Morgan fingerprint density at radius 1 is 1.05 bits per heavy atom. The Labute approximate surface area is 267 Å². The molecular formula is C32H32N6O3S3. The van der Waals surface area contributed by atoms with Crippen LogP contribution in [0.1, 0.15) is 53.7 Å². The van der Waals surface area contributed by atoms with Crippen LogP contribution in [0.25, 0.3) is 36.5 Å². The van der Waals surface area contributed by atoms with Crippen molar-refractivity contribution in [2.75, 3.05) is 20.2 Å². The third-order valence-electron chi connectivity index (χ3n) is 7.93. The van der Waals surface area contributed by atoms with E-state index in [1.165, 1.54) is 24.2 Å². The minimum absolute atomic E-state index is 0.120. The monoisotopic (exact) mass is 644 g/mol. The standard InChI is InChI=1S/C32H32N6O3S3/c1-4-5-20-10-12-37(13-11-20)31(39)22-8-6-21(7-9-22)29-33-23(18-42-29)17-41-27-15-24(40-3)14-25-28(27)44-30(34-25)26-16-38-32(35-26)43-19(2)36-38/h6-9,14-16,18,20H,4-5,10-13,17H2,1-3H3. The van der Waals surface area contributed by atoms with E-state index in [1.807, 2.05) is 59.8 Å². The molecule has 1 aliphatic heterocycles. The fraction of sp³-hybridized carbons (Fsp3) is 0.344. The highest BCUT2D eigenvalue weighted by Crippen LogP contribution is 2.39. The van der Waals surface area contributed by atoms with Crippen LogP contribution in [-0.2, 0) is 6.61 Å². The lowest BCUT2D eigenvalue weighted by Crippen LogP contribution is -2.38. The van der Waals surface area contributed by atoms with Gasteiger partial charge in [-0.1, -0.05) is 43.2 Å². The maximum absolute atomic E-state index is 13.1. The van der Waals surface area contributed by atoms with Crippen molar-refractivity contribution in [3.05, 3.63) is 64.2 Å². The fourth-order valence-corrected chi connectivity index (χ4v) is 8.15. The lowest BCUT2D eigenvalue weighted by molar-refractivity contribution is 0.0686. The van der Waals surface area contributed by atoms with E-state index in [-0.39, 0.29) is 5.91 Å². The number of carbonyl (C=O) groups excluding carboxylic acids is 1. The number of piperidine rings is 1. The van der Waals surface area contributed by atoms with Gasteiger partial charge in [-0.2, -0.15) is 5.10 Å². The summed E-state index contributed by atoms with van der Waals surface area (Å²) in [5.74, 6) is 2.24. The summed E-state index contributed by atoms with van der Waals surface area (Å²) in [7, 11) is 1.64. The molecular weight excluding hydrogens is 613 g/mol. The van der Waals surface area contributed by atoms with Gasteiger partial charge in [0.25, 0.3) is 5.91 Å². The number of aromatic nitrogens is 5. The van der Waals surface area contributed by atoms with Crippen molar-refractivity contribution in [2.45, 2.75) is 46.1 Å². The van der Waals surface area contributed by atoms with E-state index in [4.69, 9.17) is 24.4 Å². The molecule has 2 aromatic carbocycles. The van der Waals surface area contributed by atoms with Crippen molar-refractivity contribution in [3.63, 3.8) is 0 Å². The van der Waals surface area contributed by atoms with Gasteiger partial charge in [0.05, 0.1) is 29.2 Å². The molecule has 0 aliphatic carbocycles. The molecule has 0 unspecified atom stereocenters. The number of hydrogen-bond acceptors (Lipinski definition) is 10. The molecule has 0 N–H and O–H groups in total. The second-order valence-electron chi connectivity index (χ2n) is 11.0. The molecule has 0 atom stereocenters. The highest BCUT2D eigenvalue weighted by atomic mass is 32.1. The SMILES string of the molecule is CCCC1CCN(C(=O)c2ccc(-c3nc(COc4cc(OC)cc5nc(-c6cn7nc(C)sc7n6)sc45)cs3)cc2)CC1. The van der Waals surface area contributed by atoms with Crippen molar-refractivity contribution in [3.8, 4) is 32.8 Å². The van der Waals surface area contributed by atoms with Gasteiger partial charge in [0.2, 0.25) is 4.96 Å². The minimum atomic E-state index is 0.120. The van der Waals surface area contributed by atoms with Crippen LogP contribution in [0.3, 0.4) is 0 Å². The molecule has 1 aliphatic rings. The molecule has 4 aromatic heterocycles. The van der Waals surface area contributed by atoms with Crippen LogP contribution < -0.4 is 9.47 Å². The smallest absolute Gasteiger partial charge is 0.253 e. The maximum Gasteiger partial charge on any atom is 0.253 e. The number of methoxy groups -OCH3 is 1. The number of imidazole rings is 1. The van der Waals surface area contributed by atoms with Crippen LogP contribution in [0.4, 0.5) is 0 Å². The summed E-state index contributed by atoms with van der Waals surface area (Å²) in [6, 6.07) is 11.6. The lowest BCUT2D eigenvalue weighted by atomic mass is 9.92. The predicted octanol–water partition coefficient (Wildman–Crippen LogP) is 7.74. The molecule has 0 bridgehead atoms. The Morgan fingerprint density at radius 3 is 2.61 bits per heavy atom. The summed E-state index contributed by atoms with van der Waals surface area (Å²) in [4.78, 5) is 30.3. The summed E-state index contributed by atoms with van der Waals surface area (Å²) in [6.45, 7) is 6.21. The Bertz CT molecular complexity index is 1900. The van der Waals surface area contributed by atoms with E-state index in [0.717, 1.165) is 84.6 Å². The number of nitrogens with zero attached hydrogens (tertiary/aromatic N) is 6. The number of likely N-dealkylation sites (tertiary alicyclic amines) is 1. The Morgan fingerprint density at radius 2 is 1.86 bits per heavy atom. The number of hydrogen-bond donors (Lipinski definition) is 0. The van der Waals surface area contributed by atoms with Crippen molar-refractivity contribution in [1.82, 2.24) is 29.5 Å². The van der Waals surface area contributed by atoms with Gasteiger partial charge in [-0.15, -0.1) is 22.7 Å². The van der Waals surface area contributed by atoms with Crippen molar-refractivity contribution < 1.29 is 14.3 Å². The van der Waals surface area contributed by atoms with Gasteiger partial charge in [0.1, 0.15) is 38.8 Å². The van der Waals surface area contributed by atoms with E-state index in [1.54, 1.807) is 34.3 Å². The first kappa shape index (κ1) is 28.9. The molecule has 1 amide bonds. The first-order chi connectivity index (χ1) is 21.5. The van der Waals surface area contributed by atoms with E-state index in [9.17, 15) is 4.79 Å². The molecule has 1 fully saturated rings.